The third-order valence-corrected chi connectivity index (χ3v) is 3.70. The molecule has 1 heterocycles. The molecule has 3 rings (SSSR count). The minimum Gasteiger partial charge on any atom is -0.301 e. The van der Waals surface area contributed by atoms with Crippen LogP contribution in [0.2, 0.25) is 0 Å². The molecule has 88 valence electrons. The van der Waals surface area contributed by atoms with Gasteiger partial charge in [-0.15, -0.1) is 0 Å². The smallest absolute Gasteiger partial charge is 0.0234 e. The van der Waals surface area contributed by atoms with Gasteiger partial charge in [-0.05, 0) is 37.9 Å². The van der Waals surface area contributed by atoms with Crippen molar-refractivity contribution in [1.82, 2.24) is 4.90 Å². The number of hydrogen-bond acceptors (Lipinski definition) is 1. The molecule has 0 unspecified atom stereocenters. The van der Waals surface area contributed by atoms with Gasteiger partial charge in [0.2, 0.25) is 0 Å². The molecule has 2 aliphatic rings. The normalized spacial score (nSPS) is 21.0. The highest BCUT2D eigenvalue weighted by atomic mass is 15.1. The molecule has 1 nitrogen and oxygen atoms in total. The number of rotatable bonds is 0. The lowest BCUT2D eigenvalue weighted by atomic mass is 9.86. The van der Waals surface area contributed by atoms with Crippen molar-refractivity contribution in [3.63, 3.8) is 0 Å². The standard InChI is InChI=1S/C13H17N.C2H6/c1-10-3-4-12-11(7-10)8-14(2)9-13(12)5-6-13;1-2/h3-4,7H,5-6,8-9H2,1-2H3;1-2H3. The number of likely N-dealkylation sites (N-methyl/N-ethyl adjacent to an activating group) is 1. The van der Waals surface area contributed by atoms with Crippen molar-refractivity contribution < 1.29 is 0 Å². The van der Waals surface area contributed by atoms with Gasteiger partial charge in [-0.3, -0.25) is 0 Å². The number of fused-ring (bicyclic) bond motifs is 2. The van der Waals surface area contributed by atoms with Gasteiger partial charge < -0.3 is 4.90 Å². The SMILES string of the molecule is CC.Cc1ccc2c(c1)CN(C)CC21CC1. The highest BCUT2D eigenvalue weighted by Gasteiger charge is 2.48. The average Bonchev–Trinajstić information content (AvgIpc) is 3.00. The van der Waals surface area contributed by atoms with Crippen LogP contribution < -0.4 is 0 Å². The predicted octanol–water partition coefficient (Wildman–Crippen LogP) is 3.50. The summed E-state index contributed by atoms with van der Waals surface area (Å²) in [5.41, 5.74) is 5.16. The first-order valence-electron chi connectivity index (χ1n) is 6.48. The Morgan fingerprint density at radius 2 is 1.88 bits per heavy atom. The molecule has 0 atom stereocenters. The van der Waals surface area contributed by atoms with Gasteiger partial charge in [0.1, 0.15) is 0 Å². The van der Waals surface area contributed by atoms with Crippen molar-refractivity contribution in [2.75, 3.05) is 13.6 Å². The maximum Gasteiger partial charge on any atom is 0.0234 e. The number of aryl methyl sites for hydroxylation is 1. The van der Waals surface area contributed by atoms with E-state index in [4.69, 9.17) is 0 Å². The molecule has 1 fully saturated rings. The van der Waals surface area contributed by atoms with E-state index < -0.39 is 0 Å². The molecule has 1 heteroatoms. The Morgan fingerprint density at radius 3 is 2.50 bits per heavy atom. The maximum atomic E-state index is 2.47. The summed E-state index contributed by atoms with van der Waals surface area (Å²) in [6.07, 6.45) is 2.79. The van der Waals surface area contributed by atoms with E-state index in [-0.39, 0.29) is 0 Å². The topological polar surface area (TPSA) is 3.24 Å². The van der Waals surface area contributed by atoms with Crippen molar-refractivity contribution >= 4 is 0 Å². The van der Waals surface area contributed by atoms with Gasteiger partial charge in [-0.2, -0.15) is 0 Å². The number of nitrogens with zero attached hydrogens (tertiary/aromatic N) is 1. The van der Waals surface area contributed by atoms with Crippen LogP contribution in [0, 0.1) is 6.92 Å². The molecular weight excluding hydrogens is 194 g/mol. The highest BCUT2D eigenvalue weighted by Crippen LogP contribution is 2.52. The Balaban J connectivity index is 0.000000457. The van der Waals surface area contributed by atoms with Crippen molar-refractivity contribution in [3.05, 3.63) is 34.9 Å². The van der Waals surface area contributed by atoms with Crippen LogP contribution in [0.3, 0.4) is 0 Å². The summed E-state index contributed by atoms with van der Waals surface area (Å²) >= 11 is 0. The largest absolute Gasteiger partial charge is 0.301 e. The fourth-order valence-corrected chi connectivity index (χ4v) is 2.90. The monoisotopic (exact) mass is 217 g/mol. The van der Waals surface area contributed by atoms with E-state index in [0.29, 0.717) is 5.41 Å². The zero-order valence-corrected chi connectivity index (χ0v) is 11.0. The maximum absolute atomic E-state index is 2.47. The zero-order valence-electron chi connectivity index (χ0n) is 11.0. The summed E-state index contributed by atoms with van der Waals surface area (Å²) in [6, 6.07) is 7.00. The Morgan fingerprint density at radius 1 is 1.19 bits per heavy atom. The minimum absolute atomic E-state index is 0.552. The van der Waals surface area contributed by atoms with Gasteiger partial charge in [0.25, 0.3) is 0 Å². The molecule has 16 heavy (non-hydrogen) atoms. The first-order valence-corrected chi connectivity index (χ1v) is 6.48. The average molecular weight is 217 g/mol. The molecule has 1 aromatic carbocycles. The number of benzene rings is 1. The molecule has 0 bridgehead atoms. The molecule has 0 amide bonds. The van der Waals surface area contributed by atoms with E-state index >= 15 is 0 Å². The van der Waals surface area contributed by atoms with Gasteiger partial charge in [-0.25, -0.2) is 0 Å². The fourth-order valence-electron chi connectivity index (χ4n) is 2.90. The Kier molecular flexibility index (Phi) is 3.07. The summed E-state index contributed by atoms with van der Waals surface area (Å²) in [4.78, 5) is 2.47. The van der Waals surface area contributed by atoms with Crippen molar-refractivity contribution in [1.29, 1.82) is 0 Å². The van der Waals surface area contributed by atoms with Gasteiger partial charge in [0.05, 0.1) is 0 Å². The lowest BCUT2D eigenvalue weighted by Gasteiger charge is -2.32. The Bertz CT molecular complexity index is 377. The molecule has 1 spiro atoms. The Labute approximate surface area is 99.5 Å². The van der Waals surface area contributed by atoms with E-state index in [1.54, 1.807) is 11.1 Å². The third kappa shape index (κ3) is 1.89. The van der Waals surface area contributed by atoms with Gasteiger partial charge in [0.15, 0.2) is 0 Å². The van der Waals surface area contributed by atoms with Crippen LogP contribution in [0.5, 0.6) is 0 Å². The predicted molar refractivity (Wildman–Crippen MR) is 69.8 cm³/mol. The minimum atomic E-state index is 0.552. The zero-order chi connectivity index (χ0) is 11.8. The second-order valence-corrected chi connectivity index (χ2v) is 5.11. The van der Waals surface area contributed by atoms with Crippen molar-refractivity contribution in [2.45, 2.75) is 45.6 Å². The highest BCUT2D eigenvalue weighted by molar-refractivity contribution is 5.43. The van der Waals surface area contributed by atoms with Crippen LogP contribution in [-0.4, -0.2) is 18.5 Å². The summed E-state index contributed by atoms with van der Waals surface area (Å²) in [6.45, 7) is 8.59. The van der Waals surface area contributed by atoms with Crippen molar-refractivity contribution in [2.24, 2.45) is 0 Å². The quantitative estimate of drug-likeness (QED) is 0.643. The molecule has 0 saturated heterocycles. The summed E-state index contributed by atoms with van der Waals surface area (Å²) in [5, 5.41) is 0. The van der Waals surface area contributed by atoms with Crippen LogP contribution >= 0.6 is 0 Å². The fraction of sp³-hybridized carbons (Fsp3) is 0.600. The van der Waals surface area contributed by atoms with E-state index in [2.05, 4.69) is 37.1 Å². The molecular formula is C15H23N. The first kappa shape index (κ1) is 11.7. The lowest BCUT2D eigenvalue weighted by molar-refractivity contribution is 0.271. The summed E-state index contributed by atoms with van der Waals surface area (Å²) in [7, 11) is 2.24. The van der Waals surface area contributed by atoms with E-state index in [1.165, 1.54) is 24.9 Å². The third-order valence-electron chi connectivity index (χ3n) is 3.70. The van der Waals surface area contributed by atoms with Crippen LogP contribution in [0.25, 0.3) is 0 Å². The van der Waals surface area contributed by atoms with Crippen LogP contribution in [0.15, 0.2) is 18.2 Å². The summed E-state index contributed by atoms with van der Waals surface area (Å²) in [5.74, 6) is 0. The second kappa shape index (κ2) is 4.21. The number of hydrogen-bond donors (Lipinski definition) is 0. The van der Waals surface area contributed by atoms with Gasteiger partial charge in [0, 0.05) is 18.5 Å². The Hall–Kier alpha value is -0.820. The molecule has 1 saturated carbocycles. The van der Waals surface area contributed by atoms with Crippen LogP contribution in [0.4, 0.5) is 0 Å². The van der Waals surface area contributed by atoms with E-state index in [1.807, 2.05) is 13.8 Å². The van der Waals surface area contributed by atoms with E-state index in [0.717, 1.165) is 6.54 Å². The first-order chi connectivity index (χ1) is 7.70. The molecule has 0 radical (unpaired) electrons. The lowest BCUT2D eigenvalue weighted by Crippen LogP contribution is -2.35. The second-order valence-electron chi connectivity index (χ2n) is 5.11. The molecule has 1 aliphatic carbocycles. The van der Waals surface area contributed by atoms with E-state index in [9.17, 15) is 0 Å². The summed E-state index contributed by atoms with van der Waals surface area (Å²) < 4.78 is 0. The van der Waals surface area contributed by atoms with Gasteiger partial charge in [-0.1, -0.05) is 37.6 Å². The van der Waals surface area contributed by atoms with Gasteiger partial charge >= 0.3 is 0 Å². The van der Waals surface area contributed by atoms with Crippen LogP contribution in [-0.2, 0) is 12.0 Å². The molecule has 0 N–H and O–H groups in total. The van der Waals surface area contributed by atoms with Crippen LogP contribution in [0.1, 0.15) is 43.4 Å². The molecule has 1 aliphatic heterocycles. The molecule has 0 aromatic heterocycles. The van der Waals surface area contributed by atoms with Crippen molar-refractivity contribution in [3.8, 4) is 0 Å². The molecule has 1 aromatic rings.